The Hall–Kier alpha value is -3.72. The van der Waals surface area contributed by atoms with E-state index in [2.05, 4.69) is 59.4 Å². The van der Waals surface area contributed by atoms with Crippen LogP contribution in [0.1, 0.15) is 5.56 Å². The van der Waals surface area contributed by atoms with Crippen LogP contribution in [0.2, 0.25) is 0 Å². The summed E-state index contributed by atoms with van der Waals surface area (Å²) in [6, 6.07) is 24.1. The van der Waals surface area contributed by atoms with E-state index in [4.69, 9.17) is 0 Å². The van der Waals surface area contributed by atoms with Crippen LogP contribution in [-0.4, -0.2) is 15.1 Å². The van der Waals surface area contributed by atoms with Crippen molar-refractivity contribution in [3.8, 4) is 28.0 Å². The molecule has 0 fully saturated rings. The maximum Gasteiger partial charge on any atom is 0.116 e. The van der Waals surface area contributed by atoms with Gasteiger partial charge >= 0.3 is 0 Å². The summed E-state index contributed by atoms with van der Waals surface area (Å²) in [6.07, 6.45) is 3.66. The van der Waals surface area contributed by atoms with E-state index in [1.54, 1.807) is 12.1 Å². The van der Waals surface area contributed by atoms with E-state index in [1.165, 1.54) is 11.1 Å². The molecule has 0 saturated carbocycles. The first-order chi connectivity index (χ1) is 13.7. The minimum atomic E-state index is 0.253. The summed E-state index contributed by atoms with van der Waals surface area (Å²) in [5, 5.41) is 12.0. The van der Waals surface area contributed by atoms with Crippen LogP contribution in [0, 0.1) is 6.92 Å². The molecular formula is C25H18N2O. The van der Waals surface area contributed by atoms with Gasteiger partial charge < -0.3 is 5.11 Å². The molecule has 0 aliphatic rings. The molecule has 0 atom stereocenters. The molecule has 3 nitrogen and oxygen atoms in total. The Morgan fingerprint density at radius 2 is 1.21 bits per heavy atom. The number of fused-ring (bicyclic) bond motifs is 3. The fourth-order valence-corrected chi connectivity index (χ4v) is 3.82. The Kier molecular flexibility index (Phi) is 3.80. The summed E-state index contributed by atoms with van der Waals surface area (Å²) in [7, 11) is 0. The first kappa shape index (κ1) is 16.5. The summed E-state index contributed by atoms with van der Waals surface area (Å²) < 4.78 is 0. The van der Waals surface area contributed by atoms with Gasteiger partial charge in [-0.3, -0.25) is 9.97 Å². The molecule has 2 heterocycles. The molecule has 5 rings (SSSR count). The lowest BCUT2D eigenvalue weighted by atomic mass is 9.96. The van der Waals surface area contributed by atoms with Crippen molar-refractivity contribution < 1.29 is 5.11 Å². The highest BCUT2D eigenvalue weighted by molar-refractivity contribution is 6.11. The topological polar surface area (TPSA) is 46.0 Å². The minimum Gasteiger partial charge on any atom is -0.508 e. The normalized spacial score (nSPS) is 11.2. The highest BCUT2D eigenvalue weighted by Crippen LogP contribution is 2.35. The number of nitrogens with zero attached hydrogens (tertiary/aromatic N) is 2. The lowest BCUT2D eigenvalue weighted by molar-refractivity contribution is 0.475. The van der Waals surface area contributed by atoms with E-state index in [0.29, 0.717) is 0 Å². The average molecular weight is 362 g/mol. The van der Waals surface area contributed by atoms with Crippen molar-refractivity contribution in [2.45, 2.75) is 6.92 Å². The number of aryl methyl sites for hydroxylation is 1. The third-order valence-electron chi connectivity index (χ3n) is 5.11. The van der Waals surface area contributed by atoms with Crippen LogP contribution in [0.4, 0.5) is 0 Å². The van der Waals surface area contributed by atoms with Gasteiger partial charge in [-0.1, -0.05) is 54.1 Å². The molecule has 2 aromatic heterocycles. The molecule has 0 bridgehead atoms. The summed E-state index contributed by atoms with van der Waals surface area (Å²) in [4.78, 5) is 9.30. The van der Waals surface area contributed by atoms with Gasteiger partial charge in [-0.25, -0.2) is 0 Å². The first-order valence-corrected chi connectivity index (χ1v) is 9.23. The quantitative estimate of drug-likeness (QED) is 0.384. The molecule has 28 heavy (non-hydrogen) atoms. The van der Waals surface area contributed by atoms with Crippen molar-refractivity contribution in [2.24, 2.45) is 0 Å². The number of hydrogen-bond acceptors (Lipinski definition) is 3. The van der Waals surface area contributed by atoms with Crippen LogP contribution in [0.5, 0.6) is 5.75 Å². The molecule has 0 radical (unpaired) electrons. The molecule has 3 aromatic carbocycles. The van der Waals surface area contributed by atoms with Crippen molar-refractivity contribution in [1.82, 2.24) is 9.97 Å². The van der Waals surface area contributed by atoms with E-state index in [0.717, 1.165) is 38.5 Å². The smallest absolute Gasteiger partial charge is 0.116 e. The van der Waals surface area contributed by atoms with Gasteiger partial charge in [0.05, 0.1) is 11.0 Å². The molecule has 0 spiro atoms. The van der Waals surface area contributed by atoms with Crippen LogP contribution in [-0.2, 0) is 0 Å². The van der Waals surface area contributed by atoms with Crippen LogP contribution in [0.15, 0.2) is 85.2 Å². The van der Waals surface area contributed by atoms with Crippen LogP contribution in [0.3, 0.4) is 0 Å². The zero-order valence-electron chi connectivity index (χ0n) is 15.4. The second-order valence-electron chi connectivity index (χ2n) is 6.99. The van der Waals surface area contributed by atoms with Gasteiger partial charge in [-0.15, -0.1) is 0 Å². The zero-order chi connectivity index (χ0) is 19.1. The number of aromatic hydroxyl groups is 1. The molecule has 0 aliphatic carbocycles. The van der Waals surface area contributed by atoms with E-state index >= 15 is 0 Å². The van der Waals surface area contributed by atoms with Gasteiger partial charge in [0, 0.05) is 23.2 Å². The molecule has 0 aliphatic heterocycles. The van der Waals surface area contributed by atoms with Crippen molar-refractivity contribution in [2.75, 3.05) is 0 Å². The van der Waals surface area contributed by atoms with Crippen LogP contribution < -0.4 is 0 Å². The molecule has 3 heteroatoms. The number of phenols is 1. The number of pyridine rings is 2. The zero-order valence-corrected chi connectivity index (χ0v) is 15.4. The summed E-state index contributed by atoms with van der Waals surface area (Å²) in [5.74, 6) is 0.253. The van der Waals surface area contributed by atoms with Crippen molar-refractivity contribution in [3.05, 3.63) is 90.8 Å². The van der Waals surface area contributed by atoms with E-state index in [9.17, 15) is 5.11 Å². The number of rotatable bonds is 2. The SMILES string of the molecule is Cc1cccc(-c2ccnc3c2ccc2c(-c4cccc(O)c4)ccnc23)c1. The van der Waals surface area contributed by atoms with Crippen molar-refractivity contribution in [1.29, 1.82) is 0 Å². The molecule has 0 amide bonds. The Labute approximate surface area is 163 Å². The second kappa shape index (κ2) is 6.46. The van der Waals surface area contributed by atoms with Crippen molar-refractivity contribution in [3.63, 3.8) is 0 Å². The van der Waals surface area contributed by atoms with Gasteiger partial charge in [-0.2, -0.15) is 0 Å². The average Bonchev–Trinajstić information content (AvgIpc) is 2.72. The van der Waals surface area contributed by atoms with Gasteiger partial charge in [0.15, 0.2) is 0 Å². The third-order valence-corrected chi connectivity index (χ3v) is 5.11. The van der Waals surface area contributed by atoms with E-state index in [1.807, 2.05) is 30.6 Å². The fourth-order valence-electron chi connectivity index (χ4n) is 3.82. The number of phenolic OH excluding ortho intramolecular Hbond substituents is 1. The van der Waals surface area contributed by atoms with Crippen LogP contribution >= 0.6 is 0 Å². The monoisotopic (exact) mass is 362 g/mol. The predicted octanol–water partition coefficient (Wildman–Crippen LogP) is 6.13. The largest absolute Gasteiger partial charge is 0.508 e. The summed E-state index contributed by atoms with van der Waals surface area (Å²) in [5.41, 5.74) is 7.31. The van der Waals surface area contributed by atoms with Gasteiger partial charge in [-0.05, 0) is 53.4 Å². The molecule has 134 valence electrons. The van der Waals surface area contributed by atoms with Gasteiger partial charge in [0.2, 0.25) is 0 Å². The third kappa shape index (κ3) is 2.69. The maximum atomic E-state index is 9.88. The Bertz CT molecular complexity index is 1240. The second-order valence-corrected chi connectivity index (χ2v) is 6.99. The molecule has 5 aromatic rings. The summed E-state index contributed by atoms with van der Waals surface area (Å²) >= 11 is 0. The lowest BCUT2D eigenvalue weighted by Gasteiger charge is -2.11. The first-order valence-electron chi connectivity index (χ1n) is 9.23. The number of benzene rings is 3. The predicted molar refractivity (Wildman–Crippen MR) is 114 cm³/mol. The highest BCUT2D eigenvalue weighted by atomic mass is 16.3. The number of hydrogen-bond donors (Lipinski definition) is 1. The number of aromatic nitrogens is 2. The fraction of sp³-hybridized carbons (Fsp3) is 0.0400. The van der Waals surface area contributed by atoms with Gasteiger partial charge in [0.1, 0.15) is 5.75 Å². The molecular weight excluding hydrogens is 344 g/mol. The van der Waals surface area contributed by atoms with E-state index < -0.39 is 0 Å². The standard InChI is InChI=1S/C25H18N2O/c1-16-4-2-5-17(14-16)20-10-12-26-24-22(20)8-9-23-21(11-13-27-25(23)24)18-6-3-7-19(28)15-18/h2-15,28H,1H3. The lowest BCUT2D eigenvalue weighted by Crippen LogP contribution is -1.90. The van der Waals surface area contributed by atoms with Crippen molar-refractivity contribution >= 4 is 21.8 Å². The Balaban J connectivity index is 1.80. The molecule has 0 unspecified atom stereocenters. The minimum absolute atomic E-state index is 0.253. The summed E-state index contributed by atoms with van der Waals surface area (Å²) in [6.45, 7) is 2.10. The molecule has 0 saturated heterocycles. The Morgan fingerprint density at radius 3 is 1.79 bits per heavy atom. The Morgan fingerprint density at radius 1 is 0.643 bits per heavy atom. The van der Waals surface area contributed by atoms with Gasteiger partial charge in [0.25, 0.3) is 0 Å². The highest BCUT2D eigenvalue weighted by Gasteiger charge is 2.12. The molecule has 1 N–H and O–H groups in total. The van der Waals surface area contributed by atoms with E-state index in [-0.39, 0.29) is 5.75 Å². The maximum absolute atomic E-state index is 9.88. The van der Waals surface area contributed by atoms with Crippen LogP contribution in [0.25, 0.3) is 44.1 Å².